The fraction of sp³-hybridized carbons (Fsp3) is 0.312. The van der Waals surface area contributed by atoms with Gasteiger partial charge in [0.25, 0.3) is 10.0 Å². The van der Waals surface area contributed by atoms with Crippen LogP contribution in [-0.4, -0.2) is 26.1 Å². The summed E-state index contributed by atoms with van der Waals surface area (Å²) in [6, 6.07) is 8.78. The van der Waals surface area contributed by atoms with Crippen molar-refractivity contribution in [1.82, 2.24) is 4.98 Å². The van der Waals surface area contributed by atoms with E-state index in [2.05, 4.69) is 4.98 Å². The van der Waals surface area contributed by atoms with Crippen LogP contribution < -0.4 is 9.04 Å². The highest BCUT2D eigenvalue weighted by molar-refractivity contribution is 7.92. The third kappa shape index (κ3) is 2.43. The molecular formula is C16H18N2O3S. The molecule has 0 saturated carbocycles. The van der Waals surface area contributed by atoms with Crippen LogP contribution in [0.4, 0.5) is 5.69 Å². The van der Waals surface area contributed by atoms with Gasteiger partial charge in [-0.1, -0.05) is 17.7 Å². The summed E-state index contributed by atoms with van der Waals surface area (Å²) >= 11 is 0. The molecular weight excluding hydrogens is 300 g/mol. The molecule has 116 valence electrons. The lowest BCUT2D eigenvalue weighted by atomic mass is 10.2. The number of hydrogen-bond acceptors (Lipinski definition) is 4. The number of sulfonamides is 1. The fourth-order valence-corrected chi connectivity index (χ4v) is 4.41. The molecule has 0 spiro atoms. The number of aryl methyl sites for hydroxylation is 2. The zero-order valence-electron chi connectivity index (χ0n) is 12.8. The standard InChI is InChI=1S/C16H18N2O3S/c1-11-6-7-15(12(2)9-11)22(19,20)18-10-13(3)21-16-14(18)5-4-8-17-16/h4-9,13H,10H2,1-3H3. The van der Waals surface area contributed by atoms with E-state index in [1.165, 1.54) is 4.31 Å². The molecule has 6 heteroatoms. The van der Waals surface area contributed by atoms with Crippen molar-refractivity contribution < 1.29 is 13.2 Å². The van der Waals surface area contributed by atoms with Crippen LogP contribution in [0.1, 0.15) is 18.1 Å². The number of nitrogens with zero attached hydrogens (tertiary/aromatic N) is 2. The van der Waals surface area contributed by atoms with E-state index in [0.29, 0.717) is 16.5 Å². The molecule has 1 atom stereocenters. The van der Waals surface area contributed by atoms with Gasteiger partial charge < -0.3 is 4.74 Å². The predicted octanol–water partition coefficient (Wildman–Crippen LogP) is 2.67. The van der Waals surface area contributed by atoms with Crippen molar-refractivity contribution in [3.63, 3.8) is 0 Å². The summed E-state index contributed by atoms with van der Waals surface area (Å²) in [6.07, 6.45) is 1.35. The Hall–Kier alpha value is -2.08. The summed E-state index contributed by atoms with van der Waals surface area (Å²) in [5, 5.41) is 0. The quantitative estimate of drug-likeness (QED) is 0.854. The molecule has 0 amide bonds. The van der Waals surface area contributed by atoms with Gasteiger partial charge in [0, 0.05) is 6.20 Å². The van der Waals surface area contributed by atoms with E-state index in [1.54, 1.807) is 24.4 Å². The maximum absolute atomic E-state index is 13.1. The van der Waals surface area contributed by atoms with Crippen LogP contribution in [-0.2, 0) is 10.0 Å². The number of fused-ring (bicyclic) bond motifs is 1. The third-order valence-electron chi connectivity index (χ3n) is 3.65. The van der Waals surface area contributed by atoms with Gasteiger partial charge in [-0.15, -0.1) is 0 Å². The van der Waals surface area contributed by atoms with Gasteiger partial charge in [-0.25, -0.2) is 13.4 Å². The minimum atomic E-state index is -3.64. The number of hydrogen-bond donors (Lipinski definition) is 0. The van der Waals surface area contributed by atoms with Crippen molar-refractivity contribution in [3.05, 3.63) is 47.7 Å². The van der Waals surface area contributed by atoms with Crippen LogP contribution in [0, 0.1) is 13.8 Å². The Morgan fingerprint density at radius 2 is 2.05 bits per heavy atom. The molecule has 2 aromatic rings. The monoisotopic (exact) mass is 318 g/mol. The summed E-state index contributed by atoms with van der Waals surface area (Å²) < 4.78 is 33.2. The van der Waals surface area contributed by atoms with Crippen molar-refractivity contribution in [3.8, 4) is 5.88 Å². The van der Waals surface area contributed by atoms with E-state index in [9.17, 15) is 8.42 Å². The molecule has 5 nitrogen and oxygen atoms in total. The molecule has 1 aliphatic heterocycles. The average Bonchev–Trinajstić information content (AvgIpc) is 2.45. The summed E-state index contributed by atoms with van der Waals surface area (Å²) in [5.74, 6) is 0.356. The summed E-state index contributed by atoms with van der Waals surface area (Å²) in [4.78, 5) is 4.46. The second kappa shape index (κ2) is 5.28. The molecule has 1 aromatic heterocycles. The van der Waals surface area contributed by atoms with Gasteiger partial charge in [-0.05, 0) is 44.5 Å². The van der Waals surface area contributed by atoms with Gasteiger partial charge in [0.1, 0.15) is 11.8 Å². The minimum absolute atomic E-state index is 0.247. The van der Waals surface area contributed by atoms with Crippen molar-refractivity contribution in [2.75, 3.05) is 10.8 Å². The van der Waals surface area contributed by atoms with Crippen LogP contribution in [0.3, 0.4) is 0 Å². The zero-order chi connectivity index (χ0) is 15.9. The molecule has 1 unspecified atom stereocenters. The summed E-state index contributed by atoms with van der Waals surface area (Å²) in [5.41, 5.74) is 2.26. The average molecular weight is 318 g/mol. The molecule has 1 aliphatic rings. The van der Waals surface area contributed by atoms with Gasteiger partial charge in [0.15, 0.2) is 0 Å². The third-order valence-corrected chi connectivity index (χ3v) is 5.59. The highest BCUT2D eigenvalue weighted by Gasteiger charge is 2.34. The first-order valence-electron chi connectivity index (χ1n) is 7.11. The number of aromatic nitrogens is 1. The largest absolute Gasteiger partial charge is 0.471 e. The number of pyridine rings is 1. The van der Waals surface area contributed by atoms with Crippen LogP contribution in [0.2, 0.25) is 0 Å². The number of ether oxygens (including phenoxy) is 1. The highest BCUT2D eigenvalue weighted by Crippen LogP contribution is 2.35. The summed E-state index contributed by atoms with van der Waals surface area (Å²) in [7, 11) is -3.64. The Kier molecular flexibility index (Phi) is 3.56. The van der Waals surface area contributed by atoms with E-state index in [4.69, 9.17) is 4.74 Å². The minimum Gasteiger partial charge on any atom is -0.471 e. The van der Waals surface area contributed by atoms with E-state index in [1.807, 2.05) is 32.9 Å². The number of rotatable bonds is 2. The topological polar surface area (TPSA) is 59.5 Å². The van der Waals surface area contributed by atoms with Gasteiger partial charge in [-0.3, -0.25) is 4.31 Å². The van der Waals surface area contributed by atoms with E-state index in [0.717, 1.165) is 11.1 Å². The lowest BCUT2D eigenvalue weighted by Crippen LogP contribution is -2.42. The molecule has 0 radical (unpaired) electrons. The smallest absolute Gasteiger partial charge is 0.264 e. The van der Waals surface area contributed by atoms with Crippen LogP contribution >= 0.6 is 0 Å². The van der Waals surface area contributed by atoms with Crippen LogP contribution in [0.15, 0.2) is 41.4 Å². The van der Waals surface area contributed by atoms with Crippen molar-refractivity contribution in [1.29, 1.82) is 0 Å². The Morgan fingerprint density at radius 3 is 2.77 bits per heavy atom. The normalized spacial score (nSPS) is 17.8. The van der Waals surface area contributed by atoms with Crippen LogP contribution in [0.25, 0.3) is 0 Å². The van der Waals surface area contributed by atoms with Gasteiger partial charge in [0.2, 0.25) is 5.88 Å². The van der Waals surface area contributed by atoms with Gasteiger partial charge in [-0.2, -0.15) is 0 Å². The Balaban J connectivity index is 2.13. The van der Waals surface area contributed by atoms with E-state index < -0.39 is 10.0 Å². The lowest BCUT2D eigenvalue weighted by molar-refractivity contribution is 0.210. The number of anilines is 1. The lowest BCUT2D eigenvalue weighted by Gasteiger charge is -2.33. The fourth-order valence-electron chi connectivity index (χ4n) is 2.66. The highest BCUT2D eigenvalue weighted by atomic mass is 32.2. The van der Waals surface area contributed by atoms with Crippen molar-refractivity contribution >= 4 is 15.7 Å². The first-order valence-corrected chi connectivity index (χ1v) is 8.55. The molecule has 22 heavy (non-hydrogen) atoms. The summed E-state index contributed by atoms with van der Waals surface area (Å²) in [6.45, 7) is 5.86. The maximum Gasteiger partial charge on any atom is 0.264 e. The second-order valence-electron chi connectivity index (χ2n) is 5.56. The molecule has 2 heterocycles. The van der Waals surface area contributed by atoms with Crippen molar-refractivity contribution in [2.24, 2.45) is 0 Å². The predicted molar refractivity (Wildman–Crippen MR) is 84.8 cm³/mol. The molecule has 1 aromatic carbocycles. The number of benzene rings is 1. The SMILES string of the molecule is Cc1ccc(S(=O)(=O)N2CC(C)Oc3ncccc32)c(C)c1. The Labute approximate surface area is 130 Å². The molecule has 0 saturated heterocycles. The van der Waals surface area contributed by atoms with Gasteiger partial charge >= 0.3 is 0 Å². The maximum atomic E-state index is 13.1. The Bertz CT molecular complexity index is 818. The first kappa shape index (κ1) is 14.8. The van der Waals surface area contributed by atoms with E-state index in [-0.39, 0.29) is 12.6 Å². The first-order chi connectivity index (χ1) is 10.4. The van der Waals surface area contributed by atoms with E-state index >= 15 is 0 Å². The Morgan fingerprint density at radius 1 is 1.27 bits per heavy atom. The molecule has 0 fully saturated rings. The molecule has 0 aliphatic carbocycles. The zero-order valence-corrected chi connectivity index (χ0v) is 13.6. The van der Waals surface area contributed by atoms with Crippen LogP contribution in [0.5, 0.6) is 5.88 Å². The second-order valence-corrected chi connectivity index (χ2v) is 7.39. The molecule has 3 rings (SSSR count). The molecule has 0 N–H and O–H groups in total. The molecule has 0 bridgehead atoms. The van der Waals surface area contributed by atoms with Gasteiger partial charge in [0.05, 0.1) is 11.4 Å². The van der Waals surface area contributed by atoms with Crippen molar-refractivity contribution in [2.45, 2.75) is 31.8 Å².